The molecule has 0 saturated heterocycles. The van der Waals surface area contributed by atoms with Crippen LogP contribution in [-0.4, -0.2) is 11.9 Å². The lowest BCUT2D eigenvalue weighted by atomic mass is 9.84. The molecular formula is C17H23NO. The lowest BCUT2D eigenvalue weighted by Crippen LogP contribution is -2.40. The second-order valence-electron chi connectivity index (χ2n) is 6.47. The largest absolute Gasteiger partial charge is 0.349 e. The van der Waals surface area contributed by atoms with Crippen molar-refractivity contribution in [3.8, 4) is 0 Å². The second kappa shape index (κ2) is 4.99. The van der Waals surface area contributed by atoms with Crippen LogP contribution in [-0.2, 0) is 0 Å². The van der Waals surface area contributed by atoms with Crippen molar-refractivity contribution in [3.63, 3.8) is 0 Å². The number of hydrogen-bond acceptors (Lipinski definition) is 1. The van der Waals surface area contributed by atoms with Gasteiger partial charge in [0, 0.05) is 11.6 Å². The van der Waals surface area contributed by atoms with E-state index >= 15 is 0 Å². The summed E-state index contributed by atoms with van der Waals surface area (Å²) in [6, 6.07) is 8.13. The Morgan fingerprint density at radius 2 is 1.95 bits per heavy atom. The van der Waals surface area contributed by atoms with Gasteiger partial charge in [0.15, 0.2) is 0 Å². The molecule has 1 aromatic carbocycles. The van der Waals surface area contributed by atoms with Crippen LogP contribution in [0.5, 0.6) is 0 Å². The maximum atomic E-state index is 12.2. The van der Waals surface area contributed by atoms with Gasteiger partial charge in [-0.25, -0.2) is 0 Å². The highest BCUT2D eigenvalue weighted by Crippen LogP contribution is 2.49. The molecular weight excluding hydrogens is 234 g/mol. The van der Waals surface area contributed by atoms with Gasteiger partial charge >= 0.3 is 0 Å². The Bertz CT molecular complexity index is 465. The summed E-state index contributed by atoms with van der Waals surface area (Å²) in [6.07, 6.45) is 5.51. The van der Waals surface area contributed by atoms with Crippen molar-refractivity contribution in [2.24, 2.45) is 17.8 Å². The lowest BCUT2D eigenvalue weighted by molar-refractivity contribution is 0.0915. The van der Waals surface area contributed by atoms with E-state index in [0.717, 1.165) is 17.4 Å². The number of fused-ring (bicyclic) bond motifs is 2. The molecule has 2 bridgehead atoms. The van der Waals surface area contributed by atoms with E-state index in [4.69, 9.17) is 0 Å². The summed E-state index contributed by atoms with van der Waals surface area (Å²) in [5.74, 6) is 2.58. The highest BCUT2D eigenvalue weighted by Gasteiger charge is 2.42. The Morgan fingerprint density at radius 1 is 1.21 bits per heavy atom. The molecule has 4 atom stereocenters. The van der Waals surface area contributed by atoms with Crippen molar-refractivity contribution in [2.45, 2.75) is 45.6 Å². The normalized spacial score (nSPS) is 30.3. The van der Waals surface area contributed by atoms with Gasteiger partial charge < -0.3 is 5.32 Å². The summed E-state index contributed by atoms with van der Waals surface area (Å²) in [7, 11) is 0. The number of amides is 1. The molecule has 2 aliphatic carbocycles. The molecule has 1 aromatic rings. The highest BCUT2D eigenvalue weighted by atomic mass is 16.1. The molecule has 1 amide bonds. The predicted molar refractivity (Wildman–Crippen MR) is 77.0 cm³/mol. The molecule has 0 heterocycles. The van der Waals surface area contributed by atoms with E-state index in [1.54, 1.807) is 0 Å². The average molecular weight is 257 g/mol. The minimum Gasteiger partial charge on any atom is -0.349 e. The van der Waals surface area contributed by atoms with E-state index in [1.165, 1.54) is 31.2 Å². The third-order valence-corrected chi connectivity index (χ3v) is 5.11. The molecule has 0 spiro atoms. The molecule has 102 valence electrons. The molecule has 2 saturated carbocycles. The molecule has 0 aromatic heterocycles. The fourth-order valence-corrected chi connectivity index (χ4v) is 4.01. The molecule has 1 N–H and O–H groups in total. The van der Waals surface area contributed by atoms with Crippen LogP contribution in [0.1, 0.15) is 48.5 Å². The number of rotatable bonds is 3. The van der Waals surface area contributed by atoms with E-state index < -0.39 is 0 Å². The zero-order valence-electron chi connectivity index (χ0n) is 11.9. The molecule has 2 fully saturated rings. The van der Waals surface area contributed by atoms with Gasteiger partial charge in [-0.2, -0.15) is 0 Å². The van der Waals surface area contributed by atoms with E-state index in [1.807, 2.05) is 31.2 Å². The molecule has 0 radical (unpaired) electrons. The first-order valence-corrected chi connectivity index (χ1v) is 7.51. The van der Waals surface area contributed by atoms with Gasteiger partial charge in [-0.05, 0) is 63.0 Å². The first-order valence-electron chi connectivity index (χ1n) is 7.51. The van der Waals surface area contributed by atoms with E-state index in [0.29, 0.717) is 12.0 Å². The van der Waals surface area contributed by atoms with Gasteiger partial charge in [0.05, 0.1) is 0 Å². The zero-order chi connectivity index (χ0) is 13.4. The molecule has 3 rings (SSSR count). The van der Waals surface area contributed by atoms with Crippen molar-refractivity contribution in [3.05, 3.63) is 35.4 Å². The van der Waals surface area contributed by atoms with Gasteiger partial charge in [0.2, 0.25) is 0 Å². The summed E-state index contributed by atoms with van der Waals surface area (Å²) >= 11 is 0. The van der Waals surface area contributed by atoms with Crippen LogP contribution in [0.25, 0.3) is 0 Å². The molecule has 2 nitrogen and oxygen atoms in total. The van der Waals surface area contributed by atoms with Crippen molar-refractivity contribution in [1.82, 2.24) is 5.32 Å². The number of carbonyl (C=O) groups is 1. The summed E-state index contributed by atoms with van der Waals surface area (Å²) in [5, 5.41) is 3.20. The van der Waals surface area contributed by atoms with Crippen molar-refractivity contribution in [2.75, 3.05) is 0 Å². The first-order chi connectivity index (χ1) is 9.13. The third kappa shape index (κ3) is 2.54. The fourth-order valence-electron chi connectivity index (χ4n) is 4.01. The Kier molecular flexibility index (Phi) is 3.34. The third-order valence-electron chi connectivity index (χ3n) is 5.11. The first kappa shape index (κ1) is 12.7. The van der Waals surface area contributed by atoms with Crippen molar-refractivity contribution >= 4 is 5.91 Å². The average Bonchev–Trinajstić information content (AvgIpc) is 3.01. The summed E-state index contributed by atoms with van der Waals surface area (Å²) in [6.45, 7) is 4.22. The van der Waals surface area contributed by atoms with Gasteiger partial charge in [0.25, 0.3) is 5.91 Å². The lowest BCUT2D eigenvalue weighted by Gasteiger charge is -2.28. The number of hydrogen-bond donors (Lipinski definition) is 1. The molecule has 2 heteroatoms. The van der Waals surface area contributed by atoms with Gasteiger partial charge in [-0.3, -0.25) is 4.79 Å². The topological polar surface area (TPSA) is 29.1 Å². The number of aryl methyl sites for hydroxylation is 1. The van der Waals surface area contributed by atoms with E-state index in [2.05, 4.69) is 12.2 Å². The van der Waals surface area contributed by atoms with Crippen LogP contribution in [0.2, 0.25) is 0 Å². The quantitative estimate of drug-likeness (QED) is 0.881. The number of carbonyl (C=O) groups excluding carboxylic acids is 1. The van der Waals surface area contributed by atoms with Crippen LogP contribution < -0.4 is 5.32 Å². The summed E-state index contributed by atoms with van der Waals surface area (Å²) < 4.78 is 0. The standard InChI is InChI=1S/C17H23NO/c1-11-3-6-14(7-4-11)17(19)18-12(2)16-10-13-5-8-15(16)9-13/h3-4,6-7,12-13,15-16H,5,8-10H2,1-2H3,(H,18,19)/t12-,13+,15+,16-/m0/s1. The summed E-state index contributed by atoms with van der Waals surface area (Å²) in [5.41, 5.74) is 1.97. The summed E-state index contributed by atoms with van der Waals surface area (Å²) in [4.78, 5) is 12.2. The second-order valence-corrected chi connectivity index (χ2v) is 6.47. The number of benzene rings is 1. The Morgan fingerprint density at radius 3 is 2.53 bits per heavy atom. The van der Waals surface area contributed by atoms with Crippen LogP contribution in [0.3, 0.4) is 0 Å². The van der Waals surface area contributed by atoms with E-state index in [9.17, 15) is 4.79 Å². The van der Waals surface area contributed by atoms with Gasteiger partial charge in [-0.1, -0.05) is 24.1 Å². The zero-order valence-corrected chi connectivity index (χ0v) is 11.9. The number of nitrogens with one attached hydrogen (secondary N) is 1. The van der Waals surface area contributed by atoms with E-state index in [-0.39, 0.29) is 5.91 Å². The molecule has 0 aliphatic heterocycles. The Labute approximate surface area is 115 Å². The maximum absolute atomic E-state index is 12.2. The van der Waals surface area contributed by atoms with Crippen molar-refractivity contribution in [1.29, 1.82) is 0 Å². The van der Waals surface area contributed by atoms with Gasteiger partial charge in [0.1, 0.15) is 0 Å². The van der Waals surface area contributed by atoms with Gasteiger partial charge in [-0.15, -0.1) is 0 Å². The predicted octanol–water partition coefficient (Wildman–Crippen LogP) is 3.55. The minimum atomic E-state index is 0.0790. The smallest absolute Gasteiger partial charge is 0.251 e. The molecule has 19 heavy (non-hydrogen) atoms. The monoisotopic (exact) mass is 257 g/mol. The van der Waals surface area contributed by atoms with Crippen LogP contribution >= 0.6 is 0 Å². The minimum absolute atomic E-state index is 0.0790. The Hall–Kier alpha value is -1.31. The highest BCUT2D eigenvalue weighted by molar-refractivity contribution is 5.94. The molecule has 2 aliphatic rings. The maximum Gasteiger partial charge on any atom is 0.251 e. The molecule has 0 unspecified atom stereocenters. The van der Waals surface area contributed by atoms with Crippen LogP contribution in [0, 0.1) is 24.7 Å². The van der Waals surface area contributed by atoms with Crippen LogP contribution in [0.15, 0.2) is 24.3 Å². The van der Waals surface area contributed by atoms with Crippen LogP contribution in [0.4, 0.5) is 0 Å². The Balaban J connectivity index is 1.61. The van der Waals surface area contributed by atoms with Crippen molar-refractivity contribution < 1.29 is 4.79 Å². The fraction of sp³-hybridized carbons (Fsp3) is 0.588. The SMILES string of the molecule is Cc1ccc(C(=O)N[C@@H](C)[C@@H]2C[C@@H]3CC[C@@H]2C3)cc1.